The second-order valence-electron chi connectivity index (χ2n) is 5.50. The van der Waals surface area contributed by atoms with Gasteiger partial charge in [-0.05, 0) is 25.2 Å². The van der Waals surface area contributed by atoms with Crippen molar-refractivity contribution in [3.63, 3.8) is 0 Å². The lowest BCUT2D eigenvalue weighted by Gasteiger charge is -2.37. The average molecular weight is 268 g/mol. The summed E-state index contributed by atoms with van der Waals surface area (Å²) in [5, 5.41) is 2.28. The van der Waals surface area contributed by atoms with Gasteiger partial charge in [0.2, 0.25) is 11.8 Å². The number of rotatable bonds is 3. The summed E-state index contributed by atoms with van der Waals surface area (Å²) in [4.78, 5) is 37.3. The Morgan fingerprint density at radius 2 is 1.95 bits per heavy atom. The van der Waals surface area contributed by atoms with Crippen LogP contribution in [0.1, 0.15) is 33.1 Å². The lowest BCUT2D eigenvalue weighted by atomic mass is 9.91. The number of nitrogens with zero attached hydrogens (tertiary/aromatic N) is 1. The minimum absolute atomic E-state index is 0.129. The molecule has 1 saturated carbocycles. The highest BCUT2D eigenvalue weighted by atomic mass is 16.5. The van der Waals surface area contributed by atoms with Gasteiger partial charge in [0.05, 0.1) is 12.1 Å². The third kappa shape index (κ3) is 2.36. The van der Waals surface area contributed by atoms with Crippen LogP contribution in [0.15, 0.2) is 0 Å². The topological polar surface area (TPSA) is 75.7 Å². The lowest BCUT2D eigenvalue weighted by Crippen LogP contribution is -2.63. The molecule has 3 unspecified atom stereocenters. The predicted octanol–water partition coefficient (Wildman–Crippen LogP) is 0.904. The molecule has 106 valence electrons. The Morgan fingerprint density at radius 3 is 2.53 bits per heavy atom. The molecule has 0 aromatic heterocycles. The smallest absolute Gasteiger partial charge is 0.331 e. The van der Waals surface area contributed by atoms with Gasteiger partial charge in [0.1, 0.15) is 5.92 Å². The van der Waals surface area contributed by atoms with Crippen LogP contribution in [-0.4, -0.2) is 42.0 Å². The Morgan fingerprint density at radius 1 is 1.26 bits per heavy atom. The summed E-state index contributed by atoms with van der Waals surface area (Å²) in [5.41, 5.74) is 0. The predicted molar refractivity (Wildman–Crippen MR) is 67.1 cm³/mol. The Hall–Kier alpha value is -1.43. The van der Waals surface area contributed by atoms with Crippen LogP contribution in [-0.2, 0) is 14.3 Å². The summed E-state index contributed by atoms with van der Waals surface area (Å²) >= 11 is 0. The van der Waals surface area contributed by atoms with Crippen LogP contribution in [0.25, 0.3) is 0 Å². The first-order chi connectivity index (χ1) is 8.97. The van der Waals surface area contributed by atoms with Crippen LogP contribution < -0.4 is 5.32 Å². The number of nitrogens with one attached hydrogen (secondary N) is 1. The fraction of sp³-hybridized carbons (Fsp3) is 0.769. The van der Waals surface area contributed by atoms with Crippen molar-refractivity contribution >= 4 is 17.8 Å². The van der Waals surface area contributed by atoms with Crippen LogP contribution in [0.4, 0.5) is 4.79 Å². The van der Waals surface area contributed by atoms with E-state index >= 15 is 0 Å². The Labute approximate surface area is 112 Å². The maximum atomic E-state index is 12.4. The number of urea groups is 1. The zero-order valence-corrected chi connectivity index (χ0v) is 11.5. The van der Waals surface area contributed by atoms with Crippen molar-refractivity contribution in [1.29, 1.82) is 0 Å². The van der Waals surface area contributed by atoms with Crippen LogP contribution in [0.2, 0.25) is 0 Å². The maximum absolute atomic E-state index is 12.4. The molecule has 2 rings (SSSR count). The number of imide groups is 2. The zero-order chi connectivity index (χ0) is 14.2. The zero-order valence-electron chi connectivity index (χ0n) is 11.5. The molecule has 3 atom stereocenters. The Balaban J connectivity index is 2.26. The van der Waals surface area contributed by atoms with E-state index in [9.17, 15) is 14.4 Å². The fourth-order valence-electron chi connectivity index (χ4n) is 2.98. The molecule has 4 amide bonds. The molecule has 6 nitrogen and oxygen atoms in total. The van der Waals surface area contributed by atoms with Gasteiger partial charge in [-0.3, -0.25) is 19.8 Å². The van der Waals surface area contributed by atoms with Gasteiger partial charge >= 0.3 is 6.03 Å². The van der Waals surface area contributed by atoms with Crippen LogP contribution in [0.5, 0.6) is 0 Å². The van der Waals surface area contributed by atoms with Crippen molar-refractivity contribution in [2.75, 3.05) is 7.11 Å². The van der Waals surface area contributed by atoms with Crippen LogP contribution >= 0.6 is 0 Å². The van der Waals surface area contributed by atoms with E-state index in [1.54, 1.807) is 21.0 Å². The summed E-state index contributed by atoms with van der Waals surface area (Å²) in [6, 6.07) is -0.868. The molecule has 0 spiro atoms. The monoisotopic (exact) mass is 268 g/mol. The summed E-state index contributed by atoms with van der Waals surface area (Å²) in [6.07, 6.45) is 2.35. The minimum Gasteiger partial charge on any atom is -0.379 e. The molecule has 1 saturated heterocycles. The van der Waals surface area contributed by atoms with Crippen molar-refractivity contribution in [1.82, 2.24) is 10.2 Å². The van der Waals surface area contributed by atoms with E-state index < -0.39 is 23.8 Å². The highest BCUT2D eigenvalue weighted by molar-refractivity contribution is 6.16. The number of hydrogen-bond donors (Lipinski definition) is 1. The second-order valence-corrected chi connectivity index (χ2v) is 5.50. The van der Waals surface area contributed by atoms with Crippen LogP contribution in [0.3, 0.4) is 0 Å². The van der Waals surface area contributed by atoms with Gasteiger partial charge in [0, 0.05) is 7.11 Å². The highest BCUT2D eigenvalue weighted by Gasteiger charge is 2.47. The standard InChI is InChI=1S/C13H20N2O4/c1-7(2)10-11(16)14-13(18)15(12(10)17)8-5-4-6-9(8)19-3/h7-10H,4-6H2,1-3H3,(H,14,16,18). The van der Waals surface area contributed by atoms with Gasteiger partial charge < -0.3 is 4.74 Å². The number of methoxy groups -OCH3 is 1. The molecule has 2 aliphatic rings. The molecule has 1 aliphatic heterocycles. The molecule has 1 N–H and O–H groups in total. The van der Waals surface area contributed by atoms with Crippen molar-refractivity contribution in [2.45, 2.75) is 45.3 Å². The number of hydrogen-bond acceptors (Lipinski definition) is 4. The van der Waals surface area contributed by atoms with E-state index in [1.807, 2.05) is 0 Å². The number of carbonyl (C=O) groups excluding carboxylic acids is 3. The van der Waals surface area contributed by atoms with Gasteiger partial charge in [0.25, 0.3) is 0 Å². The van der Waals surface area contributed by atoms with Gasteiger partial charge in [-0.2, -0.15) is 0 Å². The minimum atomic E-state index is -0.782. The maximum Gasteiger partial charge on any atom is 0.331 e. The number of carbonyl (C=O) groups is 3. The van der Waals surface area contributed by atoms with E-state index in [0.717, 1.165) is 19.3 Å². The third-order valence-corrected chi connectivity index (χ3v) is 3.95. The number of ether oxygens (including phenoxy) is 1. The summed E-state index contributed by atoms with van der Waals surface area (Å²) in [7, 11) is 1.58. The van der Waals surface area contributed by atoms with E-state index in [2.05, 4.69) is 5.32 Å². The second kappa shape index (κ2) is 5.28. The third-order valence-electron chi connectivity index (χ3n) is 3.95. The Kier molecular flexibility index (Phi) is 3.89. The van der Waals surface area contributed by atoms with E-state index in [1.165, 1.54) is 4.90 Å². The lowest BCUT2D eigenvalue weighted by molar-refractivity contribution is -0.147. The van der Waals surface area contributed by atoms with Crippen molar-refractivity contribution < 1.29 is 19.1 Å². The Bertz CT molecular complexity index is 407. The van der Waals surface area contributed by atoms with Gasteiger partial charge in [-0.1, -0.05) is 13.8 Å². The normalized spacial score (nSPS) is 32.1. The fourth-order valence-corrected chi connectivity index (χ4v) is 2.98. The quantitative estimate of drug-likeness (QED) is 0.772. The first-order valence-electron chi connectivity index (χ1n) is 6.68. The van der Waals surface area contributed by atoms with Crippen LogP contribution in [0, 0.1) is 11.8 Å². The van der Waals surface area contributed by atoms with Crippen molar-refractivity contribution in [3.8, 4) is 0 Å². The molecule has 6 heteroatoms. The molecule has 2 fully saturated rings. The number of barbiturate groups is 1. The van der Waals surface area contributed by atoms with E-state index in [-0.39, 0.29) is 18.1 Å². The largest absolute Gasteiger partial charge is 0.379 e. The number of amides is 4. The molecule has 1 heterocycles. The average Bonchev–Trinajstić information content (AvgIpc) is 2.75. The molecule has 0 radical (unpaired) electrons. The summed E-state index contributed by atoms with van der Waals surface area (Å²) < 4.78 is 5.34. The SMILES string of the molecule is COC1CCCC1N1C(=O)NC(=O)C(C(C)C)C1=O. The highest BCUT2D eigenvalue weighted by Crippen LogP contribution is 2.30. The van der Waals surface area contributed by atoms with Crippen molar-refractivity contribution in [2.24, 2.45) is 11.8 Å². The van der Waals surface area contributed by atoms with Gasteiger partial charge in [0.15, 0.2) is 0 Å². The molecule has 19 heavy (non-hydrogen) atoms. The molecule has 1 aliphatic carbocycles. The van der Waals surface area contributed by atoms with Gasteiger partial charge in [-0.25, -0.2) is 4.79 Å². The molecule has 0 aromatic rings. The van der Waals surface area contributed by atoms with Gasteiger partial charge in [-0.15, -0.1) is 0 Å². The van der Waals surface area contributed by atoms with Crippen molar-refractivity contribution in [3.05, 3.63) is 0 Å². The summed E-state index contributed by atoms with van der Waals surface area (Å²) in [5.74, 6) is -1.80. The van der Waals surface area contributed by atoms with E-state index in [0.29, 0.717) is 0 Å². The molecular formula is C13H20N2O4. The molecule has 0 aromatic carbocycles. The summed E-state index contributed by atoms with van der Waals surface area (Å²) in [6.45, 7) is 3.61. The first-order valence-corrected chi connectivity index (χ1v) is 6.68. The molecule has 0 bridgehead atoms. The first kappa shape index (κ1) is 14.0. The van der Waals surface area contributed by atoms with E-state index in [4.69, 9.17) is 4.74 Å². The molecular weight excluding hydrogens is 248 g/mol.